The normalized spacial score (nSPS) is 10.8. The number of aromatic nitrogens is 5. The number of benzene rings is 1. The van der Waals surface area contributed by atoms with Crippen LogP contribution in [0.5, 0.6) is 0 Å². The summed E-state index contributed by atoms with van der Waals surface area (Å²) in [5.41, 5.74) is 2.12. The van der Waals surface area contributed by atoms with Crippen molar-refractivity contribution in [2.75, 3.05) is 19.0 Å². The van der Waals surface area contributed by atoms with Crippen LogP contribution in [-0.4, -0.2) is 39.1 Å². The molecule has 7 nitrogen and oxygen atoms in total. The van der Waals surface area contributed by atoms with Gasteiger partial charge in [0.05, 0.1) is 5.39 Å². The molecule has 106 valence electrons. The molecule has 3 aromatic rings. The van der Waals surface area contributed by atoms with E-state index in [0.717, 1.165) is 11.1 Å². The Hall–Kier alpha value is -2.83. The highest BCUT2D eigenvalue weighted by atomic mass is 16.1. The van der Waals surface area contributed by atoms with Gasteiger partial charge in [-0.2, -0.15) is 0 Å². The van der Waals surface area contributed by atoms with Crippen LogP contribution in [0.25, 0.3) is 22.0 Å². The van der Waals surface area contributed by atoms with E-state index in [4.69, 9.17) is 0 Å². The number of fused-ring (bicyclic) bond motifs is 1. The number of hydrogen-bond acceptors (Lipinski definition) is 6. The quantitative estimate of drug-likeness (QED) is 0.693. The van der Waals surface area contributed by atoms with Gasteiger partial charge in [0.1, 0.15) is 5.52 Å². The van der Waals surface area contributed by atoms with E-state index in [2.05, 4.69) is 20.3 Å². The summed E-state index contributed by atoms with van der Waals surface area (Å²) < 4.78 is 1.22. The largest absolute Gasteiger partial charge is 0.347 e. The van der Waals surface area contributed by atoms with Gasteiger partial charge >= 0.3 is 0 Å². The Morgan fingerprint density at radius 3 is 2.48 bits per heavy atom. The second kappa shape index (κ2) is 4.93. The van der Waals surface area contributed by atoms with Crippen LogP contribution < -0.4 is 10.5 Å². The van der Waals surface area contributed by atoms with Gasteiger partial charge in [0.2, 0.25) is 5.95 Å². The van der Waals surface area contributed by atoms with E-state index in [-0.39, 0.29) is 5.56 Å². The molecule has 0 radical (unpaired) electrons. The summed E-state index contributed by atoms with van der Waals surface area (Å²) in [7, 11) is 5.34. The molecule has 0 aliphatic rings. The van der Waals surface area contributed by atoms with E-state index in [1.54, 1.807) is 31.6 Å². The molecule has 0 aliphatic heterocycles. The Kier molecular flexibility index (Phi) is 3.09. The molecule has 21 heavy (non-hydrogen) atoms. The molecule has 0 atom stereocenters. The van der Waals surface area contributed by atoms with Gasteiger partial charge in [0, 0.05) is 39.1 Å². The van der Waals surface area contributed by atoms with Crippen molar-refractivity contribution in [2.45, 2.75) is 0 Å². The van der Waals surface area contributed by atoms with Crippen LogP contribution in [0.3, 0.4) is 0 Å². The Morgan fingerprint density at radius 2 is 1.81 bits per heavy atom. The van der Waals surface area contributed by atoms with Crippen molar-refractivity contribution in [3.63, 3.8) is 0 Å². The van der Waals surface area contributed by atoms with Gasteiger partial charge in [0.15, 0.2) is 0 Å². The number of nitrogens with zero attached hydrogens (tertiary/aromatic N) is 6. The van der Waals surface area contributed by atoms with Crippen molar-refractivity contribution in [2.24, 2.45) is 7.05 Å². The molecular weight excluding hydrogens is 268 g/mol. The third-order valence-electron chi connectivity index (χ3n) is 3.18. The molecule has 0 bridgehead atoms. The maximum Gasteiger partial charge on any atom is 0.277 e. The van der Waals surface area contributed by atoms with E-state index in [1.165, 1.54) is 4.68 Å². The van der Waals surface area contributed by atoms with Gasteiger partial charge in [-0.05, 0) is 17.7 Å². The van der Waals surface area contributed by atoms with E-state index >= 15 is 0 Å². The minimum atomic E-state index is -0.173. The zero-order valence-corrected chi connectivity index (χ0v) is 12.0. The van der Waals surface area contributed by atoms with Crippen molar-refractivity contribution in [1.82, 2.24) is 25.0 Å². The van der Waals surface area contributed by atoms with Crippen LogP contribution in [0.1, 0.15) is 0 Å². The van der Waals surface area contributed by atoms with Crippen LogP contribution in [0.4, 0.5) is 5.95 Å². The number of aryl methyl sites for hydroxylation is 1. The molecule has 0 unspecified atom stereocenters. The van der Waals surface area contributed by atoms with Crippen molar-refractivity contribution >= 4 is 16.9 Å². The first-order valence-corrected chi connectivity index (χ1v) is 6.40. The molecule has 0 spiro atoms. The molecule has 2 aromatic heterocycles. The molecule has 2 heterocycles. The molecule has 0 N–H and O–H groups in total. The first-order valence-electron chi connectivity index (χ1n) is 6.40. The Bertz CT molecular complexity index is 853. The summed E-state index contributed by atoms with van der Waals surface area (Å²) >= 11 is 0. The molecule has 0 saturated heterocycles. The first-order chi connectivity index (χ1) is 10.1. The third kappa shape index (κ3) is 2.33. The molecule has 0 aliphatic carbocycles. The van der Waals surface area contributed by atoms with Crippen LogP contribution in [0.15, 0.2) is 35.4 Å². The van der Waals surface area contributed by atoms with Crippen LogP contribution in [0, 0.1) is 0 Å². The van der Waals surface area contributed by atoms with Crippen LogP contribution in [0.2, 0.25) is 0 Å². The van der Waals surface area contributed by atoms with Gasteiger partial charge in [0.25, 0.3) is 5.56 Å². The first kappa shape index (κ1) is 13.2. The lowest BCUT2D eigenvalue weighted by atomic mass is 10.1. The molecule has 7 heteroatoms. The fourth-order valence-corrected chi connectivity index (χ4v) is 2.01. The topological polar surface area (TPSA) is 76.8 Å². The average Bonchev–Trinajstić information content (AvgIpc) is 2.51. The predicted molar refractivity (Wildman–Crippen MR) is 80.1 cm³/mol. The molecule has 3 rings (SSSR count). The van der Waals surface area contributed by atoms with Crippen molar-refractivity contribution in [3.05, 3.63) is 40.9 Å². The number of rotatable bonds is 2. The van der Waals surface area contributed by atoms with Crippen molar-refractivity contribution in [3.8, 4) is 11.1 Å². The Labute approximate surface area is 120 Å². The SMILES string of the molecule is CN(C)c1ncc(-c2ccc3nnn(C)c(=O)c3c2)cn1. The second-order valence-corrected chi connectivity index (χ2v) is 4.92. The molecule has 0 amide bonds. The summed E-state index contributed by atoms with van der Waals surface area (Å²) in [6.07, 6.45) is 3.48. The maximum absolute atomic E-state index is 12.1. The van der Waals surface area contributed by atoms with Gasteiger partial charge < -0.3 is 4.90 Å². The van der Waals surface area contributed by atoms with Crippen molar-refractivity contribution < 1.29 is 0 Å². The summed E-state index contributed by atoms with van der Waals surface area (Å²) in [6, 6.07) is 5.45. The minimum Gasteiger partial charge on any atom is -0.347 e. The monoisotopic (exact) mass is 282 g/mol. The van der Waals surface area contributed by atoms with Crippen molar-refractivity contribution in [1.29, 1.82) is 0 Å². The lowest BCUT2D eigenvalue weighted by Gasteiger charge is -2.10. The fourth-order valence-electron chi connectivity index (χ4n) is 2.01. The highest BCUT2D eigenvalue weighted by Crippen LogP contribution is 2.21. The Balaban J connectivity index is 2.12. The van der Waals surface area contributed by atoms with Gasteiger partial charge in [-0.15, -0.1) is 5.10 Å². The minimum absolute atomic E-state index is 0.173. The van der Waals surface area contributed by atoms with E-state index in [9.17, 15) is 4.79 Å². The predicted octanol–water partition coefficient (Wildman–Crippen LogP) is 0.851. The lowest BCUT2D eigenvalue weighted by Crippen LogP contribution is -2.20. The van der Waals surface area contributed by atoms with Gasteiger partial charge in [-0.3, -0.25) is 4.79 Å². The zero-order valence-electron chi connectivity index (χ0n) is 12.0. The number of anilines is 1. The maximum atomic E-state index is 12.1. The van der Waals surface area contributed by atoms with Gasteiger partial charge in [-0.25, -0.2) is 14.6 Å². The zero-order chi connectivity index (χ0) is 15.0. The van der Waals surface area contributed by atoms with Gasteiger partial charge in [-0.1, -0.05) is 11.3 Å². The molecular formula is C14H14N6O. The summed E-state index contributed by atoms with van der Waals surface area (Å²) in [5, 5.41) is 8.28. The van der Waals surface area contributed by atoms with E-state index in [1.807, 2.05) is 25.1 Å². The van der Waals surface area contributed by atoms with Crippen LogP contribution in [-0.2, 0) is 7.05 Å². The smallest absolute Gasteiger partial charge is 0.277 e. The highest BCUT2D eigenvalue weighted by Gasteiger charge is 2.07. The fraction of sp³-hybridized carbons (Fsp3) is 0.214. The summed E-state index contributed by atoms with van der Waals surface area (Å²) in [5.74, 6) is 0.640. The lowest BCUT2D eigenvalue weighted by molar-refractivity contribution is 0.656. The summed E-state index contributed by atoms with van der Waals surface area (Å²) in [6.45, 7) is 0. The standard InChI is InChI=1S/C14H14N6O/c1-19(2)14-15-7-10(8-16-14)9-4-5-12-11(6-9)13(21)20(3)18-17-12/h4-8H,1-3H3. The average molecular weight is 282 g/mol. The summed E-state index contributed by atoms with van der Waals surface area (Å²) in [4.78, 5) is 22.5. The molecule has 1 aromatic carbocycles. The number of hydrogen-bond donors (Lipinski definition) is 0. The molecule has 0 fully saturated rings. The Morgan fingerprint density at radius 1 is 1.10 bits per heavy atom. The highest BCUT2D eigenvalue weighted by molar-refractivity contribution is 5.83. The molecule has 0 saturated carbocycles. The van der Waals surface area contributed by atoms with E-state index in [0.29, 0.717) is 16.9 Å². The third-order valence-corrected chi connectivity index (χ3v) is 3.18. The second-order valence-electron chi connectivity index (χ2n) is 4.92. The van der Waals surface area contributed by atoms with Crippen LogP contribution >= 0.6 is 0 Å². The van der Waals surface area contributed by atoms with E-state index < -0.39 is 0 Å².